The molecule has 8 rings (SSSR count). The minimum atomic E-state index is -0.539. The molecule has 278 valence electrons. The van der Waals surface area contributed by atoms with E-state index in [9.17, 15) is 9.59 Å². The van der Waals surface area contributed by atoms with Crippen LogP contribution in [0.4, 0.5) is 9.59 Å². The number of rotatable bonds is 5. The highest BCUT2D eigenvalue weighted by molar-refractivity contribution is 5.70. The summed E-state index contributed by atoms with van der Waals surface area (Å²) in [5.41, 5.74) is 2.56. The van der Waals surface area contributed by atoms with Crippen LogP contribution in [0.5, 0.6) is 5.75 Å². The maximum absolute atomic E-state index is 12.8. The number of carbonyl (C=O) groups excluding carboxylic acids is 2. The van der Waals surface area contributed by atoms with Crippen molar-refractivity contribution < 1.29 is 42.7 Å². The summed E-state index contributed by atoms with van der Waals surface area (Å²) >= 11 is 0. The van der Waals surface area contributed by atoms with Crippen LogP contribution in [0.3, 0.4) is 0 Å². The molecule has 11 heteroatoms. The van der Waals surface area contributed by atoms with E-state index in [1.54, 1.807) is 7.11 Å². The van der Waals surface area contributed by atoms with E-state index in [0.29, 0.717) is 52.4 Å². The van der Waals surface area contributed by atoms with Gasteiger partial charge in [-0.1, -0.05) is 42.0 Å². The number of amides is 2. The van der Waals surface area contributed by atoms with Gasteiger partial charge in [-0.25, -0.2) is 9.59 Å². The van der Waals surface area contributed by atoms with Crippen LogP contribution < -0.4 is 4.74 Å². The Morgan fingerprint density at radius 2 is 1.02 bits per heavy atom. The van der Waals surface area contributed by atoms with E-state index in [1.807, 2.05) is 41.0 Å². The second-order valence-electron chi connectivity index (χ2n) is 15.3. The lowest BCUT2D eigenvalue weighted by Crippen LogP contribution is -2.55. The van der Waals surface area contributed by atoms with Crippen molar-refractivity contribution in [1.82, 2.24) is 9.80 Å². The zero-order chi connectivity index (χ0) is 35.7. The molecule has 11 nitrogen and oxygen atoms in total. The van der Waals surface area contributed by atoms with Crippen molar-refractivity contribution in [3.8, 4) is 5.75 Å². The summed E-state index contributed by atoms with van der Waals surface area (Å²) in [5, 5.41) is 0. The molecule has 2 aromatic carbocycles. The molecule has 4 heterocycles. The topological polar surface area (TPSA) is 105 Å². The lowest BCUT2D eigenvalue weighted by Gasteiger charge is -2.49. The van der Waals surface area contributed by atoms with E-state index < -0.39 is 22.8 Å². The van der Waals surface area contributed by atoms with Crippen LogP contribution in [0.25, 0.3) is 0 Å². The van der Waals surface area contributed by atoms with Gasteiger partial charge in [0.1, 0.15) is 17.0 Å². The number of carbonyl (C=O) groups is 2. The van der Waals surface area contributed by atoms with Crippen LogP contribution in [-0.2, 0) is 28.4 Å². The Labute approximate surface area is 301 Å². The zero-order valence-electron chi connectivity index (χ0n) is 30.7. The molecule has 0 bridgehead atoms. The summed E-state index contributed by atoms with van der Waals surface area (Å²) < 4.78 is 40.7. The van der Waals surface area contributed by atoms with Crippen molar-refractivity contribution in [3.05, 3.63) is 65.2 Å². The summed E-state index contributed by atoms with van der Waals surface area (Å²) in [6, 6.07) is 16.2. The predicted octanol–water partition coefficient (Wildman–Crippen LogP) is 7.61. The Bertz CT molecular complexity index is 1520. The second kappa shape index (κ2) is 14.6. The molecule has 6 aliphatic rings. The first-order valence-corrected chi connectivity index (χ1v) is 18.8. The number of ether oxygens (including phenoxy) is 7. The van der Waals surface area contributed by atoms with Gasteiger partial charge in [-0.3, -0.25) is 0 Å². The summed E-state index contributed by atoms with van der Waals surface area (Å²) in [5.74, 6) is -0.254. The number of aryl methyl sites for hydroxylation is 1. The van der Waals surface area contributed by atoms with Crippen molar-refractivity contribution in [1.29, 1.82) is 0 Å². The molecule has 0 radical (unpaired) electrons. The highest BCUT2D eigenvalue weighted by Crippen LogP contribution is 2.48. The fourth-order valence-corrected chi connectivity index (χ4v) is 8.99. The van der Waals surface area contributed by atoms with E-state index >= 15 is 0 Å². The summed E-state index contributed by atoms with van der Waals surface area (Å²) in [4.78, 5) is 29.2. The van der Waals surface area contributed by atoms with Gasteiger partial charge in [-0.2, -0.15) is 0 Å². The normalized spacial score (nSPS) is 29.4. The average Bonchev–Trinajstić information content (AvgIpc) is 3.77. The summed E-state index contributed by atoms with van der Waals surface area (Å²) in [7, 11) is 1.65. The van der Waals surface area contributed by atoms with E-state index in [0.717, 1.165) is 68.2 Å². The maximum Gasteiger partial charge on any atom is 0.410 e. The molecule has 4 spiro atoms. The molecule has 4 aliphatic heterocycles. The highest BCUT2D eigenvalue weighted by atomic mass is 16.7. The smallest absolute Gasteiger partial charge is 0.410 e. The molecule has 2 aromatic rings. The van der Waals surface area contributed by atoms with Gasteiger partial charge in [0.2, 0.25) is 0 Å². The average molecular weight is 707 g/mol. The van der Waals surface area contributed by atoms with Crippen LogP contribution in [0.15, 0.2) is 48.5 Å². The van der Waals surface area contributed by atoms with Gasteiger partial charge in [-0.15, -0.1) is 0 Å². The van der Waals surface area contributed by atoms with E-state index in [-0.39, 0.29) is 24.3 Å². The Kier molecular flexibility index (Phi) is 10.3. The first kappa shape index (κ1) is 36.0. The molecular weight excluding hydrogens is 652 g/mol. The first-order chi connectivity index (χ1) is 24.6. The van der Waals surface area contributed by atoms with Crippen molar-refractivity contribution in [2.75, 3.05) is 46.6 Å². The van der Waals surface area contributed by atoms with Gasteiger partial charge >= 0.3 is 12.2 Å². The van der Waals surface area contributed by atoms with Gasteiger partial charge in [0, 0.05) is 51.6 Å². The summed E-state index contributed by atoms with van der Waals surface area (Å²) in [6.07, 6.45) is 8.02. The Balaban J connectivity index is 0.000000159. The fourth-order valence-electron chi connectivity index (χ4n) is 8.99. The van der Waals surface area contributed by atoms with Gasteiger partial charge in [-0.05, 0) is 69.7 Å². The molecule has 0 aromatic heterocycles. The van der Waals surface area contributed by atoms with Crippen LogP contribution in [0, 0.1) is 6.92 Å². The van der Waals surface area contributed by atoms with Crippen LogP contribution in [0.1, 0.15) is 107 Å². The molecule has 0 unspecified atom stereocenters. The zero-order valence-corrected chi connectivity index (χ0v) is 30.7. The lowest BCUT2D eigenvalue weighted by molar-refractivity contribution is -0.226. The Hall–Kier alpha value is -3.38. The molecule has 2 aliphatic carbocycles. The molecule has 51 heavy (non-hydrogen) atoms. The number of benzene rings is 2. The van der Waals surface area contributed by atoms with Gasteiger partial charge in [0.25, 0.3) is 0 Å². The van der Waals surface area contributed by atoms with Crippen molar-refractivity contribution >= 4 is 12.2 Å². The van der Waals surface area contributed by atoms with Crippen molar-refractivity contribution in [2.45, 2.75) is 120 Å². The Morgan fingerprint density at radius 3 is 1.41 bits per heavy atom. The van der Waals surface area contributed by atoms with Gasteiger partial charge in [0.15, 0.2) is 11.6 Å². The van der Waals surface area contributed by atoms with E-state index in [2.05, 4.69) is 38.1 Å². The largest absolute Gasteiger partial charge is 0.497 e. The first-order valence-electron chi connectivity index (χ1n) is 18.8. The summed E-state index contributed by atoms with van der Waals surface area (Å²) in [6.45, 7) is 10.1. The third-order valence-corrected chi connectivity index (χ3v) is 12.0. The van der Waals surface area contributed by atoms with Gasteiger partial charge in [0.05, 0.1) is 45.6 Å². The van der Waals surface area contributed by atoms with Crippen molar-refractivity contribution in [3.63, 3.8) is 0 Å². The fraction of sp³-hybridized carbons (Fsp3) is 0.650. The van der Waals surface area contributed by atoms with E-state index in [1.165, 1.54) is 5.56 Å². The van der Waals surface area contributed by atoms with Crippen molar-refractivity contribution in [2.24, 2.45) is 0 Å². The molecular formula is C40H54N2O9. The molecule has 0 N–H and O–H groups in total. The standard InChI is InChI=1S/C20H27NO5.C20H27NO4/c1-15(16-4-6-17(23-2)7-5-16)21-11-10-19(26-18(21)22)8-3-9-20(14-19)24-12-13-25-20;1-15-4-6-17(7-5-15)16(2)21-11-10-19(25-18(21)22)8-3-9-20(14-19)23-12-13-24-20/h4-7,15H,3,8-14H2,1-2H3;4-7,16H,3,8-14H2,1-2H3/t15-,19-;16-,19-/m00/s1. The minimum Gasteiger partial charge on any atom is -0.497 e. The number of methoxy groups -OCH3 is 1. The molecule has 6 fully saturated rings. The molecule has 4 saturated heterocycles. The number of nitrogens with zero attached hydrogens (tertiary/aromatic N) is 2. The highest BCUT2D eigenvalue weighted by Gasteiger charge is 2.54. The molecule has 2 amide bonds. The Morgan fingerprint density at radius 1 is 0.608 bits per heavy atom. The molecule has 2 saturated carbocycles. The third-order valence-electron chi connectivity index (χ3n) is 12.0. The molecule has 4 atom stereocenters. The number of hydrogen-bond donors (Lipinski definition) is 0. The van der Waals surface area contributed by atoms with Gasteiger partial charge < -0.3 is 43.0 Å². The maximum atomic E-state index is 12.8. The number of hydrogen-bond acceptors (Lipinski definition) is 9. The lowest BCUT2D eigenvalue weighted by atomic mass is 9.78. The predicted molar refractivity (Wildman–Crippen MR) is 188 cm³/mol. The quantitative estimate of drug-likeness (QED) is 0.311. The SMILES string of the molecule is COc1ccc([C@H](C)N2CC[C@]3(CCCC4(C3)OCCO4)OC2=O)cc1.Cc1ccc([C@H](C)N2CC[C@]3(CCCC4(C3)OCCO4)OC2=O)cc1. The minimum absolute atomic E-state index is 0.0157. The third kappa shape index (κ3) is 7.59. The van der Waals surface area contributed by atoms with Crippen LogP contribution in [-0.4, -0.2) is 91.4 Å². The van der Waals surface area contributed by atoms with E-state index in [4.69, 9.17) is 33.2 Å². The second-order valence-corrected chi connectivity index (χ2v) is 15.3. The van der Waals surface area contributed by atoms with Crippen LogP contribution >= 0.6 is 0 Å². The van der Waals surface area contributed by atoms with Crippen LogP contribution in [0.2, 0.25) is 0 Å². The monoisotopic (exact) mass is 706 g/mol.